The van der Waals surface area contributed by atoms with E-state index in [2.05, 4.69) is 39.6 Å². The number of likely N-dealkylation sites (N-methyl/N-ethyl adjacent to an activating group) is 1. The van der Waals surface area contributed by atoms with E-state index in [1.165, 1.54) is 0 Å². The molecular formula is C11H21NO. The van der Waals surface area contributed by atoms with Gasteiger partial charge >= 0.3 is 0 Å². The fraction of sp³-hybridized carbons (Fsp3) is 0.909. The molecule has 1 rings (SSSR count). The Labute approximate surface area is 81.3 Å². The Bertz CT molecular complexity index is 234. The van der Waals surface area contributed by atoms with Crippen molar-refractivity contribution in [3.8, 4) is 0 Å². The fourth-order valence-corrected chi connectivity index (χ4v) is 2.48. The van der Waals surface area contributed by atoms with Crippen LogP contribution in [0.5, 0.6) is 0 Å². The van der Waals surface area contributed by atoms with Crippen LogP contribution in [-0.4, -0.2) is 29.3 Å². The van der Waals surface area contributed by atoms with Crippen LogP contribution in [0.25, 0.3) is 0 Å². The van der Waals surface area contributed by atoms with E-state index in [-0.39, 0.29) is 16.7 Å². The first-order chi connectivity index (χ1) is 5.72. The second-order valence-electron chi connectivity index (χ2n) is 5.28. The van der Waals surface area contributed by atoms with Crippen molar-refractivity contribution >= 4 is 5.78 Å². The third-order valence-corrected chi connectivity index (χ3v) is 4.05. The van der Waals surface area contributed by atoms with E-state index >= 15 is 0 Å². The molecular weight excluding hydrogens is 162 g/mol. The average molecular weight is 183 g/mol. The molecule has 0 bridgehead atoms. The smallest absolute Gasteiger partial charge is 0.149 e. The van der Waals surface area contributed by atoms with Gasteiger partial charge in [0.15, 0.2) is 0 Å². The summed E-state index contributed by atoms with van der Waals surface area (Å²) >= 11 is 0. The van der Waals surface area contributed by atoms with Crippen molar-refractivity contribution in [2.75, 3.05) is 7.05 Å². The Morgan fingerprint density at radius 3 is 2.00 bits per heavy atom. The SMILES string of the molecule is CC(=O)C1(C)CC(C)(C)C(C)N1C. The zero-order valence-corrected chi connectivity index (χ0v) is 9.64. The minimum atomic E-state index is -0.247. The first kappa shape index (κ1) is 10.7. The molecule has 1 fully saturated rings. The van der Waals surface area contributed by atoms with E-state index in [0.717, 1.165) is 6.42 Å². The van der Waals surface area contributed by atoms with Crippen molar-refractivity contribution in [3.63, 3.8) is 0 Å². The van der Waals surface area contributed by atoms with Crippen LogP contribution in [0.3, 0.4) is 0 Å². The van der Waals surface area contributed by atoms with Gasteiger partial charge in [-0.3, -0.25) is 9.69 Å². The maximum Gasteiger partial charge on any atom is 0.149 e. The molecule has 0 amide bonds. The molecule has 2 heteroatoms. The summed E-state index contributed by atoms with van der Waals surface area (Å²) in [4.78, 5) is 13.8. The Hall–Kier alpha value is -0.370. The number of hydrogen-bond donors (Lipinski definition) is 0. The molecule has 1 aliphatic rings. The Morgan fingerprint density at radius 1 is 1.38 bits per heavy atom. The van der Waals surface area contributed by atoms with Gasteiger partial charge in [-0.05, 0) is 39.7 Å². The number of carbonyl (C=O) groups excluding carboxylic acids is 1. The summed E-state index contributed by atoms with van der Waals surface area (Å²) in [5, 5.41) is 0. The van der Waals surface area contributed by atoms with Gasteiger partial charge in [0.2, 0.25) is 0 Å². The summed E-state index contributed by atoms with van der Waals surface area (Å²) in [5.41, 5.74) is -0.00190. The van der Waals surface area contributed by atoms with Crippen LogP contribution in [0, 0.1) is 5.41 Å². The number of rotatable bonds is 1. The largest absolute Gasteiger partial charge is 0.298 e. The molecule has 0 spiro atoms. The first-order valence-electron chi connectivity index (χ1n) is 4.96. The van der Waals surface area contributed by atoms with Gasteiger partial charge in [0.1, 0.15) is 5.78 Å². The number of likely N-dealkylation sites (tertiary alicyclic amines) is 1. The number of carbonyl (C=O) groups is 1. The molecule has 0 aromatic carbocycles. The van der Waals surface area contributed by atoms with Crippen molar-refractivity contribution in [1.82, 2.24) is 4.90 Å². The average Bonchev–Trinajstić information content (AvgIpc) is 2.13. The summed E-state index contributed by atoms with van der Waals surface area (Å²) in [5.74, 6) is 0.285. The zero-order chi connectivity index (χ0) is 10.4. The third-order valence-electron chi connectivity index (χ3n) is 4.05. The van der Waals surface area contributed by atoms with Gasteiger partial charge < -0.3 is 0 Å². The molecule has 2 atom stereocenters. The van der Waals surface area contributed by atoms with E-state index < -0.39 is 0 Å². The number of nitrogens with zero attached hydrogens (tertiary/aromatic N) is 1. The summed E-state index contributed by atoms with van der Waals surface area (Å²) < 4.78 is 0. The van der Waals surface area contributed by atoms with Crippen molar-refractivity contribution < 1.29 is 4.79 Å². The van der Waals surface area contributed by atoms with Gasteiger partial charge in [-0.15, -0.1) is 0 Å². The molecule has 0 aromatic rings. The molecule has 0 N–H and O–H groups in total. The van der Waals surface area contributed by atoms with Crippen molar-refractivity contribution in [3.05, 3.63) is 0 Å². The summed E-state index contributed by atoms with van der Waals surface area (Å²) in [6.07, 6.45) is 0.965. The zero-order valence-electron chi connectivity index (χ0n) is 9.64. The van der Waals surface area contributed by atoms with Crippen LogP contribution < -0.4 is 0 Å². The van der Waals surface area contributed by atoms with Crippen LogP contribution in [0.2, 0.25) is 0 Å². The van der Waals surface area contributed by atoms with Gasteiger partial charge in [0.05, 0.1) is 5.54 Å². The van der Waals surface area contributed by atoms with Gasteiger partial charge in [0.25, 0.3) is 0 Å². The maximum atomic E-state index is 11.6. The summed E-state index contributed by atoms with van der Waals surface area (Å²) in [6.45, 7) is 10.4. The van der Waals surface area contributed by atoms with Crippen molar-refractivity contribution in [2.24, 2.45) is 5.41 Å². The number of hydrogen-bond acceptors (Lipinski definition) is 2. The molecule has 0 aromatic heterocycles. The Kier molecular flexibility index (Phi) is 2.31. The molecule has 2 unspecified atom stereocenters. The molecule has 1 aliphatic heterocycles. The number of Topliss-reactive ketones (excluding diaryl/α,β-unsaturated/α-hetero) is 1. The maximum absolute atomic E-state index is 11.6. The monoisotopic (exact) mass is 183 g/mol. The quantitative estimate of drug-likeness (QED) is 0.620. The predicted octanol–water partition coefficient (Wildman–Crippen LogP) is 2.08. The third kappa shape index (κ3) is 1.41. The molecule has 0 saturated carbocycles. The highest BCUT2D eigenvalue weighted by Gasteiger charge is 2.51. The second-order valence-corrected chi connectivity index (χ2v) is 5.28. The van der Waals surface area contributed by atoms with E-state index in [1.54, 1.807) is 6.92 Å². The lowest BCUT2D eigenvalue weighted by Crippen LogP contribution is -2.46. The van der Waals surface area contributed by atoms with Crippen LogP contribution in [0.15, 0.2) is 0 Å². The van der Waals surface area contributed by atoms with Gasteiger partial charge in [-0.2, -0.15) is 0 Å². The van der Waals surface area contributed by atoms with Gasteiger partial charge in [-0.25, -0.2) is 0 Å². The van der Waals surface area contributed by atoms with Crippen LogP contribution in [0.1, 0.15) is 41.0 Å². The lowest BCUT2D eigenvalue weighted by atomic mass is 9.80. The van der Waals surface area contributed by atoms with Crippen molar-refractivity contribution in [2.45, 2.75) is 52.6 Å². The van der Waals surface area contributed by atoms with Crippen LogP contribution >= 0.6 is 0 Å². The highest BCUT2D eigenvalue weighted by Crippen LogP contribution is 2.45. The van der Waals surface area contributed by atoms with Gasteiger partial charge in [-0.1, -0.05) is 13.8 Å². The minimum Gasteiger partial charge on any atom is -0.298 e. The first-order valence-corrected chi connectivity index (χ1v) is 4.96. The minimum absolute atomic E-state index is 0.245. The fourth-order valence-electron chi connectivity index (χ4n) is 2.48. The molecule has 76 valence electrons. The van der Waals surface area contributed by atoms with Crippen LogP contribution in [-0.2, 0) is 4.79 Å². The molecule has 1 heterocycles. The highest BCUT2D eigenvalue weighted by atomic mass is 16.1. The topological polar surface area (TPSA) is 20.3 Å². The molecule has 0 aliphatic carbocycles. The standard InChI is InChI=1S/C11H21NO/c1-8-10(3,4)7-11(5,9(2)13)12(8)6/h8H,7H2,1-6H3. The number of ketones is 1. The van der Waals surface area contributed by atoms with E-state index in [9.17, 15) is 4.79 Å². The van der Waals surface area contributed by atoms with Gasteiger partial charge in [0, 0.05) is 6.04 Å². The summed E-state index contributed by atoms with van der Waals surface area (Å²) in [6, 6.07) is 0.474. The summed E-state index contributed by atoms with van der Waals surface area (Å²) in [7, 11) is 2.06. The molecule has 1 saturated heterocycles. The molecule has 0 radical (unpaired) electrons. The predicted molar refractivity (Wildman–Crippen MR) is 54.7 cm³/mol. The second kappa shape index (κ2) is 2.81. The van der Waals surface area contributed by atoms with Crippen LogP contribution in [0.4, 0.5) is 0 Å². The molecule has 2 nitrogen and oxygen atoms in total. The van der Waals surface area contributed by atoms with E-state index in [4.69, 9.17) is 0 Å². The van der Waals surface area contributed by atoms with E-state index in [1.807, 2.05) is 0 Å². The van der Waals surface area contributed by atoms with Crippen molar-refractivity contribution in [1.29, 1.82) is 0 Å². The normalized spacial score (nSPS) is 39.4. The van der Waals surface area contributed by atoms with E-state index in [0.29, 0.717) is 6.04 Å². The Balaban J connectivity index is 3.02. The Morgan fingerprint density at radius 2 is 1.85 bits per heavy atom. The molecule has 13 heavy (non-hydrogen) atoms. The highest BCUT2D eigenvalue weighted by molar-refractivity contribution is 5.86. The lowest BCUT2D eigenvalue weighted by molar-refractivity contribution is -0.126. The lowest BCUT2D eigenvalue weighted by Gasteiger charge is -2.32.